The minimum atomic E-state index is 0.0954. The van der Waals surface area contributed by atoms with Crippen LogP contribution in [-0.4, -0.2) is 38.5 Å². The summed E-state index contributed by atoms with van der Waals surface area (Å²) in [6.07, 6.45) is 8.32. The molecule has 0 amide bonds. The number of hydrogen-bond donors (Lipinski definition) is 4. The van der Waals surface area contributed by atoms with Crippen LogP contribution >= 0.6 is 0 Å². The van der Waals surface area contributed by atoms with Crippen molar-refractivity contribution in [1.82, 2.24) is 20.2 Å². The second-order valence-electron chi connectivity index (χ2n) is 6.61. The summed E-state index contributed by atoms with van der Waals surface area (Å²) in [6, 6.07) is 6.02. The zero-order chi connectivity index (χ0) is 17.9. The normalized spacial score (nSPS) is 20.0. The van der Waals surface area contributed by atoms with Crippen LogP contribution in [0.1, 0.15) is 36.0 Å². The van der Waals surface area contributed by atoms with Crippen molar-refractivity contribution < 1.29 is 4.79 Å². The Morgan fingerprint density at radius 3 is 2.96 bits per heavy atom. The summed E-state index contributed by atoms with van der Waals surface area (Å²) < 4.78 is 0. The van der Waals surface area contributed by atoms with Gasteiger partial charge in [0.05, 0.1) is 17.3 Å². The van der Waals surface area contributed by atoms with Crippen LogP contribution in [0.5, 0.6) is 0 Å². The first kappa shape index (κ1) is 16.5. The van der Waals surface area contributed by atoms with Gasteiger partial charge in [-0.05, 0) is 31.0 Å². The molecule has 5 N–H and O–H groups in total. The molecule has 1 saturated carbocycles. The standard InChI is InChI=1S/C18H21N7O/c19-14-3-1-2-4-16(14)23-18-20-8-12(10-26)17(24-18)22-13-5-6-15-11(7-13)9-21-25-15/h5-10,14,16H,1-4,19H2,(H,21,25)(H2,20,22,23,24)/t14-,16+/m0/s1. The lowest BCUT2D eigenvalue weighted by atomic mass is 9.91. The molecule has 0 bridgehead atoms. The average molecular weight is 351 g/mol. The number of hydrogen-bond acceptors (Lipinski definition) is 7. The summed E-state index contributed by atoms with van der Waals surface area (Å²) in [5.74, 6) is 0.939. The Morgan fingerprint density at radius 1 is 1.23 bits per heavy atom. The molecule has 1 aliphatic rings. The Kier molecular flexibility index (Phi) is 4.49. The second-order valence-corrected chi connectivity index (χ2v) is 6.61. The molecular weight excluding hydrogens is 330 g/mol. The number of aromatic amines is 1. The fraction of sp³-hybridized carbons (Fsp3) is 0.333. The molecule has 26 heavy (non-hydrogen) atoms. The highest BCUT2D eigenvalue weighted by Crippen LogP contribution is 2.24. The maximum atomic E-state index is 11.4. The van der Waals surface area contributed by atoms with Crippen LogP contribution in [0, 0.1) is 0 Å². The third kappa shape index (κ3) is 3.36. The first-order valence-corrected chi connectivity index (χ1v) is 8.77. The molecule has 2 heterocycles. The molecule has 2 aromatic heterocycles. The van der Waals surface area contributed by atoms with E-state index >= 15 is 0 Å². The van der Waals surface area contributed by atoms with Crippen LogP contribution in [0.2, 0.25) is 0 Å². The highest BCUT2D eigenvalue weighted by molar-refractivity contribution is 5.86. The fourth-order valence-corrected chi connectivity index (χ4v) is 3.31. The third-order valence-corrected chi connectivity index (χ3v) is 4.78. The van der Waals surface area contributed by atoms with Crippen molar-refractivity contribution >= 4 is 34.6 Å². The van der Waals surface area contributed by atoms with Crippen LogP contribution < -0.4 is 16.4 Å². The smallest absolute Gasteiger partial charge is 0.224 e. The predicted molar refractivity (Wildman–Crippen MR) is 101 cm³/mol. The van der Waals surface area contributed by atoms with Crippen molar-refractivity contribution in [2.24, 2.45) is 5.73 Å². The van der Waals surface area contributed by atoms with Gasteiger partial charge in [0.25, 0.3) is 0 Å². The van der Waals surface area contributed by atoms with Crippen molar-refractivity contribution in [3.05, 3.63) is 36.2 Å². The van der Waals surface area contributed by atoms with Gasteiger partial charge in [-0.2, -0.15) is 10.1 Å². The van der Waals surface area contributed by atoms with Gasteiger partial charge in [0.1, 0.15) is 5.82 Å². The quantitative estimate of drug-likeness (QED) is 0.521. The maximum Gasteiger partial charge on any atom is 0.224 e. The maximum absolute atomic E-state index is 11.4. The number of H-pyrrole nitrogens is 1. The summed E-state index contributed by atoms with van der Waals surface area (Å²) in [6.45, 7) is 0. The molecule has 1 aliphatic carbocycles. The van der Waals surface area contributed by atoms with Crippen molar-refractivity contribution in [3.63, 3.8) is 0 Å². The molecule has 8 heteroatoms. The van der Waals surface area contributed by atoms with Gasteiger partial charge < -0.3 is 16.4 Å². The van der Waals surface area contributed by atoms with Crippen molar-refractivity contribution in [3.8, 4) is 0 Å². The molecule has 1 aromatic carbocycles. The van der Waals surface area contributed by atoms with E-state index in [4.69, 9.17) is 5.73 Å². The Morgan fingerprint density at radius 2 is 2.12 bits per heavy atom. The number of anilines is 3. The monoisotopic (exact) mass is 351 g/mol. The fourth-order valence-electron chi connectivity index (χ4n) is 3.31. The molecule has 1 fully saturated rings. The van der Waals surface area contributed by atoms with Crippen LogP contribution in [0.15, 0.2) is 30.6 Å². The van der Waals surface area contributed by atoms with Crippen LogP contribution in [0.25, 0.3) is 10.9 Å². The van der Waals surface area contributed by atoms with Gasteiger partial charge in [0, 0.05) is 29.4 Å². The van der Waals surface area contributed by atoms with Crippen molar-refractivity contribution in [2.75, 3.05) is 10.6 Å². The Balaban J connectivity index is 1.58. The van der Waals surface area contributed by atoms with E-state index in [1.165, 1.54) is 6.20 Å². The molecule has 8 nitrogen and oxygen atoms in total. The second kappa shape index (κ2) is 7.09. The lowest BCUT2D eigenvalue weighted by Gasteiger charge is -2.29. The largest absolute Gasteiger partial charge is 0.350 e. The average Bonchev–Trinajstić information content (AvgIpc) is 3.12. The van der Waals surface area contributed by atoms with E-state index in [-0.39, 0.29) is 12.1 Å². The summed E-state index contributed by atoms with van der Waals surface area (Å²) in [7, 11) is 0. The molecule has 0 aliphatic heterocycles. The number of nitrogens with two attached hydrogens (primary N) is 1. The molecule has 0 radical (unpaired) electrons. The van der Waals surface area contributed by atoms with E-state index in [1.54, 1.807) is 6.20 Å². The van der Waals surface area contributed by atoms with Crippen LogP contribution in [-0.2, 0) is 0 Å². The van der Waals surface area contributed by atoms with E-state index in [0.29, 0.717) is 17.3 Å². The van der Waals surface area contributed by atoms with Crippen LogP contribution in [0.4, 0.5) is 17.5 Å². The number of benzene rings is 1. The number of carbonyl (C=O) groups excluding carboxylic acids is 1. The highest BCUT2D eigenvalue weighted by atomic mass is 16.1. The lowest BCUT2D eigenvalue weighted by molar-refractivity contribution is 0.112. The van der Waals surface area contributed by atoms with Crippen molar-refractivity contribution in [1.29, 1.82) is 0 Å². The van der Waals surface area contributed by atoms with E-state index < -0.39 is 0 Å². The first-order chi connectivity index (χ1) is 12.7. The van der Waals surface area contributed by atoms with Crippen LogP contribution in [0.3, 0.4) is 0 Å². The summed E-state index contributed by atoms with van der Waals surface area (Å²) in [5.41, 5.74) is 8.35. The van der Waals surface area contributed by atoms with Gasteiger partial charge in [-0.1, -0.05) is 12.8 Å². The Labute approximate surface area is 150 Å². The SMILES string of the molecule is N[C@H]1CCCC[C@H]1Nc1ncc(C=O)c(Nc2ccc3[nH]ncc3c2)n1. The van der Waals surface area contributed by atoms with Gasteiger partial charge in [-0.25, -0.2) is 4.98 Å². The Hall–Kier alpha value is -3.00. The van der Waals surface area contributed by atoms with Gasteiger partial charge in [0.15, 0.2) is 6.29 Å². The number of aromatic nitrogens is 4. The van der Waals surface area contributed by atoms with Gasteiger partial charge in [0.2, 0.25) is 5.95 Å². The molecule has 0 spiro atoms. The number of carbonyl (C=O) groups is 1. The summed E-state index contributed by atoms with van der Waals surface area (Å²) in [5, 5.41) is 14.4. The zero-order valence-corrected chi connectivity index (χ0v) is 14.3. The zero-order valence-electron chi connectivity index (χ0n) is 14.3. The van der Waals surface area contributed by atoms with Crippen molar-refractivity contribution in [2.45, 2.75) is 37.8 Å². The van der Waals surface area contributed by atoms with E-state index in [1.807, 2.05) is 18.2 Å². The highest BCUT2D eigenvalue weighted by Gasteiger charge is 2.22. The minimum Gasteiger partial charge on any atom is -0.350 e. The lowest BCUT2D eigenvalue weighted by Crippen LogP contribution is -2.43. The van der Waals surface area contributed by atoms with Gasteiger partial charge >= 0.3 is 0 Å². The molecule has 134 valence electrons. The number of nitrogens with one attached hydrogen (secondary N) is 3. The number of nitrogens with zero attached hydrogens (tertiary/aromatic N) is 3. The minimum absolute atomic E-state index is 0.0954. The summed E-state index contributed by atoms with van der Waals surface area (Å²) >= 11 is 0. The molecule has 2 atom stereocenters. The molecule has 0 saturated heterocycles. The number of rotatable bonds is 5. The third-order valence-electron chi connectivity index (χ3n) is 4.78. The Bertz CT molecular complexity index is 923. The van der Waals surface area contributed by atoms with E-state index in [2.05, 4.69) is 30.8 Å². The summed E-state index contributed by atoms with van der Waals surface area (Å²) in [4.78, 5) is 20.1. The van der Waals surface area contributed by atoms with E-state index in [0.717, 1.165) is 48.6 Å². The molecule has 3 aromatic rings. The van der Waals surface area contributed by atoms with E-state index in [9.17, 15) is 4.79 Å². The molecule has 4 rings (SSSR count). The van der Waals surface area contributed by atoms with Gasteiger partial charge in [-0.15, -0.1) is 0 Å². The molecule has 0 unspecified atom stereocenters. The van der Waals surface area contributed by atoms with Gasteiger partial charge in [-0.3, -0.25) is 9.89 Å². The number of fused-ring (bicyclic) bond motifs is 1. The topological polar surface area (TPSA) is 122 Å². The predicted octanol–water partition coefficient (Wildman–Crippen LogP) is 2.59. The molecular formula is C18H21N7O. The first-order valence-electron chi connectivity index (χ1n) is 8.77. The number of aldehydes is 1.